The third-order valence-electron chi connectivity index (χ3n) is 3.00. The molecule has 0 atom stereocenters. The fraction of sp³-hybridized carbons (Fsp3) is 0.833. The first-order valence-electron chi connectivity index (χ1n) is 6.14. The summed E-state index contributed by atoms with van der Waals surface area (Å²) in [6.45, 7) is 5.12. The lowest BCUT2D eigenvalue weighted by Crippen LogP contribution is -2.42. The second-order valence-electron chi connectivity index (χ2n) is 4.54. The van der Waals surface area contributed by atoms with E-state index in [1.165, 1.54) is 4.90 Å². The summed E-state index contributed by atoms with van der Waals surface area (Å²) in [5, 5.41) is 8.80. The molecule has 0 heterocycles. The van der Waals surface area contributed by atoms with Crippen LogP contribution in [-0.2, 0) is 14.3 Å². The molecule has 0 saturated heterocycles. The lowest BCUT2D eigenvalue weighted by atomic mass is 10.1. The molecule has 0 aliphatic heterocycles. The Hall–Kier alpha value is -1.10. The van der Waals surface area contributed by atoms with Gasteiger partial charge in [-0.1, -0.05) is 6.92 Å². The van der Waals surface area contributed by atoms with Gasteiger partial charge in [0.1, 0.15) is 6.54 Å². The summed E-state index contributed by atoms with van der Waals surface area (Å²) in [6.07, 6.45) is 2.39. The van der Waals surface area contributed by atoms with Crippen LogP contribution >= 0.6 is 0 Å². The molecule has 1 aliphatic carbocycles. The summed E-state index contributed by atoms with van der Waals surface area (Å²) in [5.41, 5.74) is -0.430. The molecule has 1 amide bonds. The van der Waals surface area contributed by atoms with E-state index in [2.05, 4.69) is 0 Å². The van der Waals surface area contributed by atoms with E-state index in [1.54, 1.807) is 0 Å². The van der Waals surface area contributed by atoms with Crippen LogP contribution in [0.25, 0.3) is 0 Å². The van der Waals surface area contributed by atoms with Crippen LogP contribution in [0.3, 0.4) is 0 Å². The molecule has 1 rings (SSSR count). The number of nitrogens with zero attached hydrogens (tertiary/aromatic N) is 1. The zero-order chi connectivity index (χ0) is 12.9. The number of carboxylic acids is 1. The minimum absolute atomic E-state index is 0.0600. The first-order valence-corrected chi connectivity index (χ1v) is 6.14. The Morgan fingerprint density at radius 3 is 2.41 bits per heavy atom. The SMILES string of the molecule is CCCN(CC(=O)O)C(=O)C1(COCC)CC1. The zero-order valence-corrected chi connectivity index (χ0v) is 10.6. The number of amides is 1. The maximum atomic E-state index is 12.2. The highest BCUT2D eigenvalue weighted by Gasteiger charge is 2.51. The van der Waals surface area contributed by atoms with Crippen molar-refractivity contribution in [2.24, 2.45) is 5.41 Å². The van der Waals surface area contributed by atoms with Crippen molar-refractivity contribution in [2.45, 2.75) is 33.1 Å². The van der Waals surface area contributed by atoms with Gasteiger partial charge in [0.2, 0.25) is 5.91 Å². The van der Waals surface area contributed by atoms with Crippen LogP contribution in [0.1, 0.15) is 33.1 Å². The van der Waals surface area contributed by atoms with Gasteiger partial charge in [0.25, 0.3) is 0 Å². The van der Waals surface area contributed by atoms with E-state index in [1.807, 2.05) is 13.8 Å². The summed E-state index contributed by atoms with van der Waals surface area (Å²) in [4.78, 5) is 24.4. The molecule has 1 fully saturated rings. The third kappa shape index (κ3) is 3.70. The molecule has 5 heteroatoms. The van der Waals surface area contributed by atoms with Gasteiger partial charge >= 0.3 is 5.97 Å². The van der Waals surface area contributed by atoms with E-state index in [-0.39, 0.29) is 12.5 Å². The summed E-state index contributed by atoms with van der Waals surface area (Å²) in [6, 6.07) is 0. The highest BCUT2D eigenvalue weighted by atomic mass is 16.5. The van der Waals surface area contributed by atoms with Crippen LogP contribution < -0.4 is 0 Å². The van der Waals surface area contributed by atoms with Gasteiger partial charge in [0.05, 0.1) is 12.0 Å². The van der Waals surface area contributed by atoms with Crippen LogP contribution in [0.15, 0.2) is 0 Å². The molecule has 0 bridgehead atoms. The van der Waals surface area contributed by atoms with Crippen molar-refractivity contribution in [3.05, 3.63) is 0 Å². The van der Waals surface area contributed by atoms with Crippen molar-refractivity contribution in [3.8, 4) is 0 Å². The number of carbonyl (C=O) groups excluding carboxylic acids is 1. The predicted molar refractivity (Wildman–Crippen MR) is 62.7 cm³/mol. The molecule has 98 valence electrons. The average Bonchev–Trinajstić information content (AvgIpc) is 3.05. The summed E-state index contributed by atoms with van der Waals surface area (Å²) < 4.78 is 5.32. The van der Waals surface area contributed by atoms with Crippen molar-refractivity contribution in [1.82, 2.24) is 4.90 Å². The second-order valence-corrected chi connectivity index (χ2v) is 4.54. The quantitative estimate of drug-likeness (QED) is 0.694. The van der Waals surface area contributed by atoms with E-state index in [0.717, 1.165) is 19.3 Å². The Kier molecular flexibility index (Phi) is 4.93. The lowest BCUT2D eigenvalue weighted by molar-refractivity contribution is -0.148. The Labute approximate surface area is 102 Å². The molecule has 17 heavy (non-hydrogen) atoms. The van der Waals surface area contributed by atoms with Gasteiger partial charge in [-0.15, -0.1) is 0 Å². The van der Waals surface area contributed by atoms with Gasteiger partial charge in [-0.05, 0) is 26.2 Å². The smallest absolute Gasteiger partial charge is 0.323 e. The van der Waals surface area contributed by atoms with Crippen molar-refractivity contribution >= 4 is 11.9 Å². The summed E-state index contributed by atoms with van der Waals surface area (Å²) in [5.74, 6) is -1.02. The molecular weight excluding hydrogens is 222 g/mol. The van der Waals surface area contributed by atoms with Gasteiger partial charge in [-0.2, -0.15) is 0 Å². The van der Waals surface area contributed by atoms with Gasteiger partial charge in [0, 0.05) is 13.2 Å². The number of carboxylic acid groups (broad SMARTS) is 1. The summed E-state index contributed by atoms with van der Waals surface area (Å²) in [7, 11) is 0. The normalized spacial score (nSPS) is 16.6. The predicted octanol–water partition coefficient (Wildman–Crippen LogP) is 1.13. The first kappa shape index (κ1) is 14.0. The summed E-state index contributed by atoms with van der Waals surface area (Å²) >= 11 is 0. The maximum Gasteiger partial charge on any atom is 0.323 e. The molecule has 5 nitrogen and oxygen atoms in total. The van der Waals surface area contributed by atoms with Crippen LogP contribution in [0.5, 0.6) is 0 Å². The fourth-order valence-electron chi connectivity index (χ4n) is 1.89. The van der Waals surface area contributed by atoms with E-state index >= 15 is 0 Å². The van der Waals surface area contributed by atoms with Crippen molar-refractivity contribution in [2.75, 3.05) is 26.3 Å². The van der Waals surface area contributed by atoms with E-state index in [9.17, 15) is 9.59 Å². The largest absolute Gasteiger partial charge is 0.480 e. The number of carbonyl (C=O) groups is 2. The molecule has 0 spiro atoms. The molecule has 1 aliphatic rings. The molecule has 0 radical (unpaired) electrons. The fourth-order valence-corrected chi connectivity index (χ4v) is 1.89. The standard InChI is InChI=1S/C12H21NO4/c1-3-7-13(8-10(14)15)11(16)12(5-6-12)9-17-4-2/h3-9H2,1-2H3,(H,14,15). The number of rotatable bonds is 8. The molecular formula is C12H21NO4. The average molecular weight is 243 g/mol. The van der Waals surface area contributed by atoms with Crippen molar-refractivity contribution < 1.29 is 19.4 Å². The minimum atomic E-state index is -0.959. The minimum Gasteiger partial charge on any atom is -0.480 e. The number of hydrogen-bond acceptors (Lipinski definition) is 3. The van der Waals surface area contributed by atoms with Crippen LogP contribution in [-0.4, -0.2) is 48.2 Å². The molecule has 0 aromatic rings. The third-order valence-corrected chi connectivity index (χ3v) is 3.00. The first-order chi connectivity index (χ1) is 8.05. The molecule has 0 unspecified atom stereocenters. The van der Waals surface area contributed by atoms with Gasteiger partial charge in [-0.25, -0.2) is 0 Å². The molecule has 1 saturated carbocycles. The van der Waals surface area contributed by atoms with E-state index in [4.69, 9.17) is 9.84 Å². The van der Waals surface area contributed by atoms with E-state index in [0.29, 0.717) is 19.8 Å². The molecule has 0 aromatic heterocycles. The van der Waals surface area contributed by atoms with Crippen LogP contribution in [0.2, 0.25) is 0 Å². The molecule has 0 aromatic carbocycles. The zero-order valence-electron chi connectivity index (χ0n) is 10.6. The second kappa shape index (κ2) is 6.00. The Morgan fingerprint density at radius 2 is 2.00 bits per heavy atom. The highest BCUT2D eigenvalue weighted by molar-refractivity contribution is 5.88. The Morgan fingerprint density at radius 1 is 1.35 bits per heavy atom. The number of hydrogen-bond donors (Lipinski definition) is 1. The van der Waals surface area contributed by atoms with Gasteiger partial charge in [0.15, 0.2) is 0 Å². The maximum absolute atomic E-state index is 12.2. The number of aliphatic carboxylic acids is 1. The van der Waals surface area contributed by atoms with Crippen molar-refractivity contribution in [3.63, 3.8) is 0 Å². The monoisotopic (exact) mass is 243 g/mol. The van der Waals surface area contributed by atoms with E-state index < -0.39 is 11.4 Å². The molecule has 1 N–H and O–H groups in total. The van der Waals surface area contributed by atoms with Gasteiger partial charge < -0.3 is 14.7 Å². The Bertz CT molecular complexity index is 286. The highest BCUT2D eigenvalue weighted by Crippen LogP contribution is 2.47. The van der Waals surface area contributed by atoms with Crippen LogP contribution in [0.4, 0.5) is 0 Å². The lowest BCUT2D eigenvalue weighted by Gasteiger charge is -2.25. The van der Waals surface area contributed by atoms with Crippen LogP contribution in [0, 0.1) is 5.41 Å². The van der Waals surface area contributed by atoms with Crippen molar-refractivity contribution in [1.29, 1.82) is 0 Å². The topological polar surface area (TPSA) is 66.8 Å². The number of ether oxygens (including phenoxy) is 1. The Balaban J connectivity index is 2.60. The van der Waals surface area contributed by atoms with Gasteiger partial charge in [-0.3, -0.25) is 9.59 Å².